The molecule has 1 heterocycles. The maximum absolute atomic E-state index is 11.7. The van der Waals surface area contributed by atoms with Gasteiger partial charge in [-0.25, -0.2) is 4.79 Å². The molecule has 0 bridgehead atoms. The van der Waals surface area contributed by atoms with Gasteiger partial charge in [0, 0.05) is 29.4 Å². The molecule has 0 aliphatic carbocycles. The normalized spacial score (nSPS) is 17.2. The average molecular weight is 299 g/mol. The van der Waals surface area contributed by atoms with Crippen molar-refractivity contribution in [1.82, 2.24) is 5.32 Å². The summed E-state index contributed by atoms with van der Waals surface area (Å²) in [4.78, 5) is 11.7. The maximum Gasteiger partial charge on any atom is 0.412 e. The topological polar surface area (TPSA) is 70.6 Å². The number of β-amino-alcohol motifs (C(OH)–C–C–N with tert-alkyl or cyclic N) is 1. The van der Waals surface area contributed by atoms with Gasteiger partial charge in [-0.3, -0.25) is 5.32 Å². The highest BCUT2D eigenvalue weighted by atomic mass is 35.5. The Morgan fingerprint density at radius 2 is 2.10 bits per heavy atom. The zero-order valence-electron chi connectivity index (χ0n) is 11.8. The molecule has 0 radical (unpaired) electrons. The predicted octanol–water partition coefficient (Wildman–Crippen LogP) is 2.48. The molecule has 3 N–H and O–H groups in total. The van der Waals surface area contributed by atoms with Crippen LogP contribution in [0.5, 0.6) is 0 Å². The summed E-state index contributed by atoms with van der Waals surface area (Å²) in [6, 6.07) is 5.00. The number of nitrogens with one attached hydrogen (secondary N) is 2. The summed E-state index contributed by atoms with van der Waals surface area (Å²) < 4.78 is 5.18. The highest BCUT2D eigenvalue weighted by Crippen LogP contribution is 2.33. The summed E-state index contributed by atoms with van der Waals surface area (Å²) in [6.07, 6.45) is -0.538. The van der Waals surface area contributed by atoms with Gasteiger partial charge in [0.15, 0.2) is 0 Å². The van der Waals surface area contributed by atoms with E-state index in [1.54, 1.807) is 39.0 Å². The van der Waals surface area contributed by atoms with Gasteiger partial charge in [0.05, 0.1) is 0 Å². The van der Waals surface area contributed by atoms with Crippen molar-refractivity contribution >= 4 is 23.4 Å². The molecule has 0 spiro atoms. The van der Waals surface area contributed by atoms with Crippen LogP contribution in [0.15, 0.2) is 18.2 Å². The van der Waals surface area contributed by atoms with Gasteiger partial charge in [-0.1, -0.05) is 11.6 Å². The number of carbonyl (C=O) groups excluding carboxylic acids is 1. The van der Waals surface area contributed by atoms with E-state index in [0.29, 0.717) is 29.4 Å². The smallest absolute Gasteiger partial charge is 0.412 e. The third kappa shape index (κ3) is 3.42. The van der Waals surface area contributed by atoms with Crippen molar-refractivity contribution in [3.05, 3.63) is 28.8 Å². The summed E-state index contributed by atoms with van der Waals surface area (Å²) >= 11 is 6.10. The zero-order chi connectivity index (χ0) is 15.0. The zero-order valence-corrected chi connectivity index (χ0v) is 12.5. The van der Waals surface area contributed by atoms with E-state index >= 15 is 0 Å². The second kappa shape index (κ2) is 5.24. The lowest BCUT2D eigenvalue weighted by Crippen LogP contribution is -2.56. The first-order valence-corrected chi connectivity index (χ1v) is 6.81. The Morgan fingerprint density at radius 1 is 1.45 bits per heavy atom. The standard InChI is InChI=1S/C14H19ClN2O3/c1-13(2,3)20-12(18)17-9-4-5-11(15)10(6-9)14(19)7-16-8-14/h4-6,16,19H,7-8H2,1-3H3,(H,17,18). The number of ether oxygens (including phenoxy) is 1. The van der Waals surface area contributed by atoms with E-state index in [2.05, 4.69) is 10.6 Å². The van der Waals surface area contributed by atoms with E-state index in [4.69, 9.17) is 16.3 Å². The molecule has 6 heteroatoms. The molecule has 0 aromatic heterocycles. The van der Waals surface area contributed by atoms with Crippen LogP contribution in [0.25, 0.3) is 0 Å². The van der Waals surface area contributed by atoms with Crippen molar-refractivity contribution in [2.75, 3.05) is 18.4 Å². The SMILES string of the molecule is CC(C)(C)OC(=O)Nc1ccc(Cl)c(C2(O)CNC2)c1. The Bertz CT molecular complexity index is 522. The van der Waals surface area contributed by atoms with Crippen molar-refractivity contribution in [3.8, 4) is 0 Å². The fraction of sp³-hybridized carbons (Fsp3) is 0.500. The number of amides is 1. The van der Waals surface area contributed by atoms with Crippen molar-refractivity contribution in [1.29, 1.82) is 0 Å². The Kier molecular flexibility index (Phi) is 3.95. The molecule has 0 atom stereocenters. The summed E-state index contributed by atoms with van der Waals surface area (Å²) in [6.45, 7) is 6.28. The molecule has 1 saturated heterocycles. The number of halogens is 1. The van der Waals surface area contributed by atoms with Crippen molar-refractivity contribution in [2.24, 2.45) is 0 Å². The number of carbonyl (C=O) groups is 1. The minimum Gasteiger partial charge on any atom is -0.444 e. The molecular formula is C14H19ClN2O3. The molecule has 1 aromatic rings. The van der Waals surface area contributed by atoms with E-state index in [9.17, 15) is 9.90 Å². The Hall–Kier alpha value is -1.30. The van der Waals surface area contributed by atoms with Crippen molar-refractivity contribution in [2.45, 2.75) is 32.0 Å². The highest BCUT2D eigenvalue weighted by Gasteiger charge is 2.38. The number of rotatable bonds is 2. The molecule has 1 amide bonds. The van der Waals surface area contributed by atoms with Crippen LogP contribution in [0, 0.1) is 0 Å². The molecule has 2 rings (SSSR count). The predicted molar refractivity (Wildman–Crippen MR) is 78.1 cm³/mol. The molecule has 1 aliphatic rings. The summed E-state index contributed by atoms with van der Waals surface area (Å²) in [5.41, 5.74) is -0.386. The van der Waals surface area contributed by atoms with Crippen LogP contribution >= 0.6 is 11.6 Å². The molecule has 1 aromatic carbocycles. The van der Waals surface area contributed by atoms with E-state index in [1.807, 2.05) is 0 Å². The number of anilines is 1. The quantitative estimate of drug-likeness (QED) is 0.784. The van der Waals surface area contributed by atoms with Crippen LogP contribution in [-0.2, 0) is 10.3 Å². The molecular weight excluding hydrogens is 280 g/mol. The molecule has 0 saturated carbocycles. The second-order valence-corrected chi connectivity index (χ2v) is 6.36. The minimum atomic E-state index is -0.970. The maximum atomic E-state index is 11.7. The molecule has 0 unspecified atom stereocenters. The number of benzene rings is 1. The summed E-state index contributed by atoms with van der Waals surface area (Å²) in [5.74, 6) is 0. The van der Waals surface area contributed by atoms with Crippen molar-refractivity contribution in [3.63, 3.8) is 0 Å². The van der Waals surface area contributed by atoms with Gasteiger partial charge in [-0.2, -0.15) is 0 Å². The van der Waals surface area contributed by atoms with Crippen molar-refractivity contribution < 1.29 is 14.6 Å². The Balaban J connectivity index is 2.14. The van der Waals surface area contributed by atoms with Crippen LogP contribution in [0.4, 0.5) is 10.5 Å². The third-order valence-electron chi connectivity index (χ3n) is 2.95. The van der Waals surface area contributed by atoms with Gasteiger partial charge in [0.2, 0.25) is 0 Å². The average Bonchev–Trinajstić information content (AvgIpc) is 2.26. The summed E-state index contributed by atoms with van der Waals surface area (Å²) in [7, 11) is 0. The molecule has 1 fully saturated rings. The fourth-order valence-corrected chi connectivity index (χ4v) is 2.23. The molecule has 20 heavy (non-hydrogen) atoms. The number of aliphatic hydroxyl groups is 1. The van der Waals surface area contributed by atoms with E-state index in [-0.39, 0.29) is 0 Å². The number of hydrogen-bond acceptors (Lipinski definition) is 4. The van der Waals surface area contributed by atoms with E-state index in [1.165, 1.54) is 0 Å². The van der Waals surface area contributed by atoms with E-state index < -0.39 is 17.3 Å². The summed E-state index contributed by atoms with van der Waals surface area (Å²) in [5, 5.41) is 16.4. The highest BCUT2D eigenvalue weighted by molar-refractivity contribution is 6.31. The molecule has 5 nitrogen and oxygen atoms in total. The molecule has 110 valence electrons. The van der Waals surface area contributed by atoms with Gasteiger partial charge >= 0.3 is 6.09 Å². The van der Waals surface area contributed by atoms with Gasteiger partial charge in [-0.05, 0) is 39.0 Å². The van der Waals surface area contributed by atoms with Gasteiger partial charge < -0.3 is 15.2 Å². The van der Waals surface area contributed by atoms with Gasteiger partial charge in [0.1, 0.15) is 11.2 Å². The number of hydrogen-bond donors (Lipinski definition) is 3. The largest absolute Gasteiger partial charge is 0.444 e. The second-order valence-electron chi connectivity index (χ2n) is 5.96. The third-order valence-corrected chi connectivity index (χ3v) is 3.28. The lowest BCUT2D eigenvalue weighted by molar-refractivity contribution is -0.0145. The van der Waals surface area contributed by atoms with Gasteiger partial charge in [-0.15, -0.1) is 0 Å². The van der Waals surface area contributed by atoms with Gasteiger partial charge in [0.25, 0.3) is 0 Å². The first-order chi connectivity index (χ1) is 9.20. The minimum absolute atomic E-state index is 0.447. The first kappa shape index (κ1) is 15.1. The lowest BCUT2D eigenvalue weighted by Gasteiger charge is -2.38. The fourth-order valence-electron chi connectivity index (χ4n) is 1.93. The van der Waals surface area contributed by atoms with Crippen LogP contribution in [0.3, 0.4) is 0 Å². The van der Waals surface area contributed by atoms with Crippen LogP contribution < -0.4 is 10.6 Å². The van der Waals surface area contributed by atoms with Crippen LogP contribution in [0.2, 0.25) is 5.02 Å². The Labute approximate surface area is 123 Å². The monoisotopic (exact) mass is 298 g/mol. The van der Waals surface area contributed by atoms with Crippen LogP contribution in [0.1, 0.15) is 26.3 Å². The Morgan fingerprint density at radius 3 is 2.60 bits per heavy atom. The first-order valence-electron chi connectivity index (χ1n) is 6.43. The lowest BCUT2D eigenvalue weighted by atomic mass is 9.88. The van der Waals surface area contributed by atoms with Crippen LogP contribution in [-0.4, -0.2) is 29.9 Å². The van der Waals surface area contributed by atoms with E-state index in [0.717, 1.165) is 0 Å². The molecule has 1 aliphatic heterocycles.